The molecule has 2 rings (SSSR count). The van der Waals surface area contributed by atoms with Crippen LogP contribution in [-0.4, -0.2) is 7.05 Å². The summed E-state index contributed by atoms with van der Waals surface area (Å²) in [5.41, 5.74) is 4.19. The van der Waals surface area contributed by atoms with Gasteiger partial charge >= 0.3 is 0 Å². The third-order valence-corrected chi connectivity index (χ3v) is 2.23. The van der Waals surface area contributed by atoms with E-state index in [9.17, 15) is 0 Å². The maximum absolute atomic E-state index is 4.90. The maximum Gasteiger partial charge on any atom is 0.0664 e. The van der Waals surface area contributed by atoms with Crippen LogP contribution in [-0.2, 0) is 15.0 Å². The smallest absolute Gasteiger partial charge is 0.0664 e. The van der Waals surface area contributed by atoms with Crippen LogP contribution in [0.2, 0.25) is 0 Å². The number of hydrogen-bond acceptors (Lipinski definition) is 5. The summed E-state index contributed by atoms with van der Waals surface area (Å²) >= 11 is 0. The number of hydroxylamine groups is 1. The van der Waals surface area contributed by atoms with Gasteiger partial charge in [0.25, 0.3) is 0 Å². The Morgan fingerprint density at radius 2 is 1.50 bits per heavy atom. The van der Waals surface area contributed by atoms with Crippen LogP contribution in [0.15, 0.2) is 60.7 Å². The second kappa shape index (κ2) is 6.61. The van der Waals surface area contributed by atoms with Crippen molar-refractivity contribution in [1.82, 2.24) is 0 Å². The van der Waals surface area contributed by atoms with Crippen molar-refractivity contribution in [3.8, 4) is 0 Å². The summed E-state index contributed by atoms with van der Waals surface area (Å²) in [6.07, 6.45) is 0. The zero-order valence-electron chi connectivity index (χ0n) is 9.95. The Morgan fingerprint density at radius 1 is 0.889 bits per heavy atom. The largest absolute Gasteiger partial charge is 0.233 e. The van der Waals surface area contributed by atoms with Crippen molar-refractivity contribution in [3.63, 3.8) is 0 Å². The van der Waals surface area contributed by atoms with E-state index < -0.39 is 0 Å². The normalized spacial score (nSPS) is 10.1. The van der Waals surface area contributed by atoms with Crippen LogP contribution < -0.4 is 10.5 Å². The van der Waals surface area contributed by atoms with Gasteiger partial charge in [-0.3, -0.25) is 0 Å². The Hall–Kier alpha value is -2.08. The Morgan fingerprint density at radius 3 is 2.17 bits per heavy atom. The minimum Gasteiger partial charge on any atom is -0.233 e. The van der Waals surface area contributed by atoms with Gasteiger partial charge in [-0.05, 0) is 29.3 Å². The SMILES string of the molecule is CN(OOONc1ccccc1)c1ccccc1. The third kappa shape index (κ3) is 3.74. The van der Waals surface area contributed by atoms with Gasteiger partial charge in [-0.1, -0.05) is 46.4 Å². The first-order chi connectivity index (χ1) is 8.86. The summed E-state index contributed by atoms with van der Waals surface area (Å²) in [6.45, 7) is 0. The lowest BCUT2D eigenvalue weighted by Gasteiger charge is -2.15. The van der Waals surface area contributed by atoms with Crippen molar-refractivity contribution >= 4 is 11.4 Å². The van der Waals surface area contributed by atoms with Gasteiger partial charge in [-0.2, -0.15) is 0 Å². The Labute approximate surface area is 105 Å². The molecular formula is C13H14N2O3. The first kappa shape index (κ1) is 12.4. The van der Waals surface area contributed by atoms with Crippen molar-refractivity contribution < 1.29 is 15.0 Å². The van der Waals surface area contributed by atoms with E-state index in [1.54, 1.807) is 7.05 Å². The molecule has 5 nitrogen and oxygen atoms in total. The molecular weight excluding hydrogens is 232 g/mol. The van der Waals surface area contributed by atoms with Crippen molar-refractivity contribution in [2.24, 2.45) is 0 Å². The topological polar surface area (TPSA) is 43.0 Å². The van der Waals surface area contributed by atoms with Gasteiger partial charge in [-0.15, -0.1) is 0 Å². The predicted octanol–water partition coefficient (Wildman–Crippen LogP) is 2.94. The molecule has 0 heterocycles. The molecule has 0 amide bonds. The van der Waals surface area contributed by atoms with Crippen LogP contribution in [0.1, 0.15) is 0 Å². The fourth-order valence-corrected chi connectivity index (χ4v) is 1.31. The van der Waals surface area contributed by atoms with Crippen molar-refractivity contribution in [2.75, 3.05) is 17.6 Å². The minimum atomic E-state index is 0.767. The van der Waals surface area contributed by atoms with Crippen LogP contribution >= 0.6 is 0 Å². The van der Waals surface area contributed by atoms with Gasteiger partial charge in [0.1, 0.15) is 0 Å². The van der Waals surface area contributed by atoms with E-state index in [0.29, 0.717) is 0 Å². The summed E-state index contributed by atoms with van der Waals surface area (Å²) in [7, 11) is 1.71. The predicted molar refractivity (Wildman–Crippen MR) is 68.2 cm³/mol. The molecule has 0 radical (unpaired) electrons. The number of nitrogens with one attached hydrogen (secondary N) is 1. The van der Waals surface area contributed by atoms with Crippen molar-refractivity contribution in [1.29, 1.82) is 0 Å². The fourth-order valence-electron chi connectivity index (χ4n) is 1.31. The van der Waals surface area contributed by atoms with Crippen molar-refractivity contribution in [2.45, 2.75) is 0 Å². The number of nitrogens with zero attached hydrogens (tertiary/aromatic N) is 1. The zero-order chi connectivity index (χ0) is 12.6. The van der Waals surface area contributed by atoms with Gasteiger partial charge in [0.05, 0.1) is 11.4 Å². The summed E-state index contributed by atoms with van der Waals surface area (Å²) in [5, 5.41) is 6.01. The number of para-hydroxylation sites is 2. The average Bonchev–Trinajstić information content (AvgIpc) is 2.45. The first-order valence-corrected chi connectivity index (χ1v) is 5.46. The van der Waals surface area contributed by atoms with Gasteiger partial charge in [-0.25, -0.2) is 10.5 Å². The van der Waals surface area contributed by atoms with Crippen LogP contribution in [0.3, 0.4) is 0 Å². The van der Waals surface area contributed by atoms with Gasteiger partial charge < -0.3 is 0 Å². The summed E-state index contributed by atoms with van der Waals surface area (Å²) in [5.74, 6) is 0. The second-order valence-electron chi connectivity index (χ2n) is 3.53. The van der Waals surface area contributed by atoms with Gasteiger partial charge in [0.2, 0.25) is 0 Å². The summed E-state index contributed by atoms with van der Waals surface area (Å²) < 4.78 is 0. The fraction of sp³-hybridized carbons (Fsp3) is 0.0769. The molecule has 0 spiro atoms. The maximum atomic E-state index is 4.90. The lowest BCUT2D eigenvalue weighted by Crippen LogP contribution is -2.19. The Kier molecular flexibility index (Phi) is 4.54. The van der Waals surface area contributed by atoms with E-state index in [1.807, 2.05) is 60.7 Å². The number of hydrogen-bond donors (Lipinski definition) is 1. The molecule has 2 aromatic carbocycles. The number of benzene rings is 2. The molecule has 0 fully saturated rings. The highest BCUT2D eigenvalue weighted by molar-refractivity contribution is 5.42. The van der Waals surface area contributed by atoms with Crippen molar-refractivity contribution in [3.05, 3.63) is 60.7 Å². The number of anilines is 2. The van der Waals surface area contributed by atoms with E-state index in [-0.39, 0.29) is 0 Å². The van der Waals surface area contributed by atoms with E-state index in [0.717, 1.165) is 11.4 Å². The quantitative estimate of drug-likeness (QED) is 0.482. The standard InChI is InChI=1S/C13H14N2O3/c1-15(13-10-6-3-7-11-13)17-18-16-14-12-8-4-2-5-9-12/h2-11,14H,1H3. The monoisotopic (exact) mass is 246 g/mol. The molecule has 5 heteroatoms. The Bertz CT molecular complexity index is 450. The van der Waals surface area contributed by atoms with Gasteiger partial charge in [0, 0.05) is 7.05 Å². The molecule has 0 saturated carbocycles. The minimum absolute atomic E-state index is 0.767. The van der Waals surface area contributed by atoms with Crippen LogP contribution in [0.4, 0.5) is 11.4 Å². The van der Waals surface area contributed by atoms with Gasteiger partial charge in [0.15, 0.2) is 0 Å². The molecule has 0 aromatic heterocycles. The van der Waals surface area contributed by atoms with Crippen LogP contribution in [0.25, 0.3) is 0 Å². The van der Waals surface area contributed by atoms with E-state index in [1.165, 1.54) is 5.06 Å². The molecule has 2 aromatic rings. The highest BCUT2D eigenvalue weighted by Crippen LogP contribution is 2.11. The molecule has 0 aliphatic heterocycles. The molecule has 0 bridgehead atoms. The number of rotatable bonds is 6. The molecule has 0 saturated heterocycles. The Balaban J connectivity index is 1.70. The van der Waals surface area contributed by atoms with Crippen LogP contribution in [0, 0.1) is 0 Å². The average molecular weight is 246 g/mol. The van der Waals surface area contributed by atoms with Crippen LogP contribution in [0.5, 0.6) is 0 Å². The lowest BCUT2D eigenvalue weighted by molar-refractivity contribution is -0.505. The molecule has 18 heavy (non-hydrogen) atoms. The lowest BCUT2D eigenvalue weighted by atomic mass is 10.3. The first-order valence-electron chi connectivity index (χ1n) is 5.46. The highest BCUT2D eigenvalue weighted by atomic mass is 17.6. The molecule has 0 unspecified atom stereocenters. The van der Waals surface area contributed by atoms with E-state index >= 15 is 0 Å². The molecule has 0 atom stereocenters. The second-order valence-corrected chi connectivity index (χ2v) is 3.53. The molecule has 0 aliphatic carbocycles. The zero-order valence-corrected chi connectivity index (χ0v) is 9.95. The summed E-state index contributed by atoms with van der Waals surface area (Å²) in [6, 6.07) is 18.8. The highest BCUT2D eigenvalue weighted by Gasteiger charge is 2.01. The third-order valence-electron chi connectivity index (χ3n) is 2.23. The molecule has 1 N–H and O–H groups in total. The van der Waals surface area contributed by atoms with E-state index in [4.69, 9.17) is 9.98 Å². The van der Waals surface area contributed by atoms with E-state index in [2.05, 4.69) is 10.5 Å². The summed E-state index contributed by atoms with van der Waals surface area (Å²) in [4.78, 5) is 9.60. The molecule has 0 aliphatic rings. The molecule has 94 valence electrons.